The second-order valence-corrected chi connectivity index (χ2v) is 14.2. The Morgan fingerprint density at radius 2 is 1.37 bits per heavy atom. The van der Waals surface area contributed by atoms with Gasteiger partial charge in [-0.25, -0.2) is 0 Å². The van der Waals surface area contributed by atoms with Crippen LogP contribution in [0.5, 0.6) is 0 Å². The molecule has 0 saturated carbocycles. The van der Waals surface area contributed by atoms with Crippen molar-refractivity contribution in [3.63, 3.8) is 0 Å². The summed E-state index contributed by atoms with van der Waals surface area (Å²) in [6, 6.07) is 44.6. The molecule has 0 fully saturated rings. The Morgan fingerprint density at radius 3 is 2.23 bits per heavy atom. The van der Waals surface area contributed by atoms with Crippen LogP contribution in [0.25, 0.3) is 66.6 Å². The van der Waals surface area contributed by atoms with Gasteiger partial charge in [0, 0.05) is 27.4 Å². The molecule has 7 aromatic rings. The van der Waals surface area contributed by atoms with Crippen LogP contribution in [-0.2, 0) is 6.42 Å². The maximum absolute atomic E-state index is 6.76. The fourth-order valence-electron chi connectivity index (χ4n) is 8.77. The van der Waals surface area contributed by atoms with Crippen molar-refractivity contribution in [2.75, 3.05) is 4.90 Å². The normalized spacial score (nSPS) is 17.9. The number of benzene rings is 6. The summed E-state index contributed by atoms with van der Waals surface area (Å²) in [6.07, 6.45) is 24.9. The summed E-state index contributed by atoms with van der Waals surface area (Å²) in [6.45, 7) is 0. The van der Waals surface area contributed by atoms with Gasteiger partial charge in [0.2, 0.25) is 0 Å². The number of hydrogen-bond acceptors (Lipinski definition) is 2. The van der Waals surface area contributed by atoms with Gasteiger partial charge in [-0.2, -0.15) is 0 Å². The third-order valence-electron chi connectivity index (χ3n) is 11.2. The summed E-state index contributed by atoms with van der Waals surface area (Å²) in [5.74, 6) is 0. The van der Waals surface area contributed by atoms with Gasteiger partial charge in [-0.1, -0.05) is 158 Å². The van der Waals surface area contributed by atoms with Gasteiger partial charge in [0.1, 0.15) is 11.2 Å². The number of aryl methyl sites for hydroxylation is 1. The van der Waals surface area contributed by atoms with E-state index in [0.717, 1.165) is 42.2 Å². The van der Waals surface area contributed by atoms with Crippen molar-refractivity contribution < 1.29 is 4.42 Å². The molecule has 3 aliphatic carbocycles. The van der Waals surface area contributed by atoms with E-state index in [-0.39, 0.29) is 12.1 Å². The summed E-state index contributed by atoms with van der Waals surface area (Å²) < 4.78 is 6.76. The van der Waals surface area contributed by atoms with Crippen molar-refractivity contribution in [3.8, 4) is 22.3 Å². The Balaban J connectivity index is 1.09. The molecule has 0 amide bonds. The molecule has 250 valence electrons. The van der Waals surface area contributed by atoms with Crippen LogP contribution >= 0.6 is 0 Å². The van der Waals surface area contributed by atoms with Gasteiger partial charge in [-0.15, -0.1) is 0 Å². The highest BCUT2D eigenvalue weighted by Gasteiger charge is 2.28. The number of rotatable bonds is 6. The first kappa shape index (κ1) is 30.7. The average Bonchev–Trinajstić information content (AvgIpc) is 3.61. The topological polar surface area (TPSA) is 16.4 Å². The van der Waals surface area contributed by atoms with Crippen molar-refractivity contribution in [1.82, 2.24) is 0 Å². The summed E-state index contributed by atoms with van der Waals surface area (Å²) in [5.41, 5.74) is 13.5. The summed E-state index contributed by atoms with van der Waals surface area (Å²) in [7, 11) is 0. The van der Waals surface area contributed by atoms with E-state index in [0.29, 0.717) is 0 Å². The van der Waals surface area contributed by atoms with Crippen LogP contribution in [0.1, 0.15) is 36.0 Å². The van der Waals surface area contributed by atoms with Gasteiger partial charge >= 0.3 is 0 Å². The first-order chi connectivity index (χ1) is 25.8. The Kier molecular flexibility index (Phi) is 7.61. The molecule has 0 N–H and O–H groups in total. The highest BCUT2D eigenvalue weighted by Crippen LogP contribution is 2.45. The van der Waals surface area contributed by atoms with Gasteiger partial charge < -0.3 is 9.32 Å². The molecule has 1 aromatic heterocycles. The lowest BCUT2D eigenvalue weighted by Gasteiger charge is -2.40. The molecule has 1 heterocycles. The molecule has 0 saturated heterocycles. The first-order valence-electron chi connectivity index (χ1n) is 18.6. The molecular formula is C50H39NO. The molecule has 0 spiro atoms. The molecule has 6 aromatic carbocycles. The number of para-hydroxylation sites is 1. The van der Waals surface area contributed by atoms with E-state index in [1.54, 1.807) is 0 Å². The van der Waals surface area contributed by atoms with Crippen molar-refractivity contribution >= 4 is 50.0 Å². The van der Waals surface area contributed by atoms with E-state index in [2.05, 4.69) is 181 Å². The van der Waals surface area contributed by atoms with Crippen molar-refractivity contribution in [3.05, 3.63) is 187 Å². The monoisotopic (exact) mass is 669 g/mol. The lowest BCUT2D eigenvalue weighted by Crippen LogP contribution is -2.42. The smallest absolute Gasteiger partial charge is 0.143 e. The van der Waals surface area contributed by atoms with Gasteiger partial charge in [0.05, 0.1) is 12.1 Å². The zero-order valence-electron chi connectivity index (χ0n) is 29.1. The number of nitrogens with zero attached hydrogens (tertiary/aromatic N) is 1. The molecule has 3 aliphatic rings. The van der Waals surface area contributed by atoms with E-state index < -0.39 is 0 Å². The quantitative estimate of drug-likeness (QED) is 0.175. The van der Waals surface area contributed by atoms with Crippen LogP contribution < -0.4 is 4.90 Å². The average molecular weight is 670 g/mol. The Labute approximate surface area is 305 Å². The number of allylic oxidation sites excluding steroid dienone is 5. The van der Waals surface area contributed by atoms with Crippen molar-refractivity contribution in [1.29, 1.82) is 0 Å². The molecular weight excluding hydrogens is 631 g/mol. The second-order valence-electron chi connectivity index (χ2n) is 14.2. The van der Waals surface area contributed by atoms with E-state index >= 15 is 0 Å². The molecule has 0 radical (unpaired) electrons. The number of furan rings is 1. The van der Waals surface area contributed by atoms with Crippen LogP contribution in [0.4, 0.5) is 5.69 Å². The third kappa shape index (κ3) is 5.17. The zero-order valence-corrected chi connectivity index (χ0v) is 29.1. The van der Waals surface area contributed by atoms with Crippen molar-refractivity contribution in [2.45, 2.75) is 37.8 Å². The minimum absolute atomic E-state index is 0.211. The molecule has 2 unspecified atom stereocenters. The Hall–Kier alpha value is -6.12. The van der Waals surface area contributed by atoms with Gasteiger partial charge in [0.25, 0.3) is 0 Å². The maximum atomic E-state index is 6.76. The number of fused-ring (bicyclic) bond motifs is 6. The highest BCUT2D eigenvalue weighted by atomic mass is 16.3. The van der Waals surface area contributed by atoms with Gasteiger partial charge in [-0.05, 0) is 88.2 Å². The van der Waals surface area contributed by atoms with E-state index in [4.69, 9.17) is 4.42 Å². The first-order valence-corrected chi connectivity index (χ1v) is 18.6. The van der Waals surface area contributed by atoms with Crippen LogP contribution in [0.15, 0.2) is 174 Å². The lowest BCUT2D eigenvalue weighted by atomic mass is 9.86. The fourth-order valence-corrected chi connectivity index (χ4v) is 8.77. The molecule has 52 heavy (non-hydrogen) atoms. The highest BCUT2D eigenvalue weighted by molar-refractivity contribution is 6.21. The van der Waals surface area contributed by atoms with E-state index in [1.165, 1.54) is 66.4 Å². The van der Waals surface area contributed by atoms with Gasteiger partial charge in [-0.3, -0.25) is 0 Å². The summed E-state index contributed by atoms with van der Waals surface area (Å²) in [5, 5.41) is 4.74. The maximum Gasteiger partial charge on any atom is 0.143 e. The van der Waals surface area contributed by atoms with E-state index in [9.17, 15) is 0 Å². The van der Waals surface area contributed by atoms with E-state index in [1.807, 2.05) is 0 Å². The van der Waals surface area contributed by atoms with Gasteiger partial charge in [0.15, 0.2) is 0 Å². The number of hydrogen-bond donors (Lipinski definition) is 0. The predicted molar refractivity (Wildman–Crippen MR) is 221 cm³/mol. The Morgan fingerprint density at radius 1 is 0.577 bits per heavy atom. The predicted octanol–water partition coefficient (Wildman–Crippen LogP) is 13.1. The largest absolute Gasteiger partial charge is 0.455 e. The minimum Gasteiger partial charge on any atom is -0.455 e. The third-order valence-corrected chi connectivity index (χ3v) is 11.2. The van der Waals surface area contributed by atoms with Crippen LogP contribution in [0, 0.1) is 0 Å². The SMILES string of the molecule is C1=CCC(N(c2ccccc2-c2ccccc2)C2C=CC(c3cccc4oc5c6ccccc6c(-c6cccc7c6C=CCC7)cc5c34)=CC2)C=C1. The molecule has 0 aliphatic heterocycles. The molecule has 2 atom stereocenters. The molecule has 2 heteroatoms. The number of anilines is 1. The standard InChI is InChI=1S/C50H39NO/c1-3-15-35(16-4-1)40-22-11-12-27-47(40)51(37-19-5-2-6-20-37)38-31-29-36(30-32-38)41-25-14-28-48-49(41)46-33-45(43-23-9-10-24-44(43)50(46)52-48)42-26-13-18-34-17-7-8-21-39(34)42/h1-6,8-16,18-19,21-31,33,37-38H,7,17,20,32H2. The zero-order chi connectivity index (χ0) is 34.4. The lowest BCUT2D eigenvalue weighted by molar-refractivity contribution is 0.617. The molecule has 2 nitrogen and oxygen atoms in total. The molecule has 0 bridgehead atoms. The van der Waals surface area contributed by atoms with Crippen LogP contribution in [0.2, 0.25) is 0 Å². The Bertz CT molecular complexity index is 2650. The summed E-state index contributed by atoms with van der Waals surface area (Å²) in [4.78, 5) is 2.63. The van der Waals surface area contributed by atoms with Crippen LogP contribution in [0.3, 0.4) is 0 Å². The van der Waals surface area contributed by atoms with Crippen molar-refractivity contribution in [2.24, 2.45) is 0 Å². The second kappa shape index (κ2) is 12.9. The fraction of sp³-hybridized carbons (Fsp3) is 0.120. The summed E-state index contributed by atoms with van der Waals surface area (Å²) >= 11 is 0. The van der Waals surface area contributed by atoms with Crippen LogP contribution in [-0.4, -0.2) is 12.1 Å². The molecule has 10 rings (SSSR count). The minimum atomic E-state index is 0.211.